The monoisotopic (exact) mass is 424 g/mol. The Labute approximate surface area is 190 Å². The summed E-state index contributed by atoms with van der Waals surface area (Å²) in [6, 6.07) is 21.8. The van der Waals surface area contributed by atoms with E-state index >= 15 is 0 Å². The first-order valence-corrected chi connectivity index (χ1v) is 10.7. The maximum absolute atomic E-state index is 12.6. The number of carbonyl (C=O) groups is 1. The summed E-state index contributed by atoms with van der Waals surface area (Å²) in [4.78, 5) is 12.6. The van der Waals surface area contributed by atoms with E-state index in [1.165, 1.54) is 16.7 Å². The molecule has 1 amide bonds. The first kappa shape index (κ1) is 22.8. The Morgan fingerprint density at radius 2 is 1.75 bits per heavy atom. The number of amides is 1. The molecule has 32 heavy (non-hydrogen) atoms. The van der Waals surface area contributed by atoms with Crippen LogP contribution in [0.1, 0.15) is 40.3 Å². The van der Waals surface area contributed by atoms with Gasteiger partial charge in [0.25, 0.3) is 5.91 Å². The van der Waals surface area contributed by atoms with Gasteiger partial charge in [0.05, 0.1) is 6.61 Å². The Hall–Kier alpha value is -3.84. The van der Waals surface area contributed by atoms with E-state index in [-0.39, 0.29) is 5.57 Å². The predicted molar refractivity (Wildman–Crippen MR) is 130 cm³/mol. The van der Waals surface area contributed by atoms with E-state index in [4.69, 9.17) is 4.74 Å². The molecule has 1 N–H and O–H groups in total. The van der Waals surface area contributed by atoms with Crippen LogP contribution in [0.3, 0.4) is 0 Å². The van der Waals surface area contributed by atoms with Crippen LogP contribution in [0.4, 0.5) is 5.69 Å². The first-order valence-electron chi connectivity index (χ1n) is 10.7. The lowest BCUT2D eigenvalue weighted by molar-refractivity contribution is -0.112. The molecule has 3 rings (SSSR count). The highest BCUT2D eigenvalue weighted by Gasteiger charge is 2.12. The molecule has 0 bridgehead atoms. The van der Waals surface area contributed by atoms with Gasteiger partial charge in [-0.05, 0) is 68.2 Å². The molecule has 0 fully saturated rings. The number of rotatable bonds is 7. The molecule has 0 radical (unpaired) electrons. The van der Waals surface area contributed by atoms with Crippen LogP contribution < -0.4 is 10.1 Å². The number of para-hydroxylation sites is 1. The third-order valence-corrected chi connectivity index (χ3v) is 5.14. The van der Waals surface area contributed by atoms with Gasteiger partial charge >= 0.3 is 0 Å². The number of aryl methyl sites for hydroxylation is 3. The minimum Gasteiger partial charge on any atom is -0.494 e. The molecule has 0 aliphatic carbocycles. The molecule has 0 aliphatic heterocycles. The Morgan fingerprint density at radius 3 is 2.41 bits per heavy atom. The summed E-state index contributed by atoms with van der Waals surface area (Å²) < 4.78 is 5.88. The number of nitrogens with zero attached hydrogens (tertiary/aromatic N) is 1. The van der Waals surface area contributed by atoms with Crippen LogP contribution in [0.5, 0.6) is 5.75 Å². The zero-order valence-electron chi connectivity index (χ0n) is 19.0. The lowest BCUT2D eigenvalue weighted by atomic mass is 9.98. The van der Waals surface area contributed by atoms with Gasteiger partial charge in [-0.2, -0.15) is 5.26 Å². The van der Waals surface area contributed by atoms with Crippen LogP contribution in [-0.2, 0) is 11.2 Å². The third kappa shape index (κ3) is 5.86. The zero-order valence-corrected chi connectivity index (χ0v) is 19.0. The van der Waals surface area contributed by atoms with Crippen molar-refractivity contribution in [3.05, 3.63) is 99.6 Å². The largest absolute Gasteiger partial charge is 0.494 e. The van der Waals surface area contributed by atoms with Crippen LogP contribution in [0.25, 0.3) is 6.08 Å². The van der Waals surface area contributed by atoms with Crippen molar-refractivity contribution in [1.82, 2.24) is 0 Å². The van der Waals surface area contributed by atoms with Gasteiger partial charge in [0, 0.05) is 12.1 Å². The highest BCUT2D eigenvalue weighted by Crippen LogP contribution is 2.26. The van der Waals surface area contributed by atoms with E-state index < -0.39 is 5.91 Å². The van der Waals surface area contributed by atoms with Gasteiger partial charge in [0.1, 0.15) is 17.4 Å². The van der Waals surface area contributed by atoms with Gasteiger partial charge in [-0.3, -0.25) is 4.79 Å². The average Bonchev–Trinajstić information content (AvgIpc) is 2.74. The van der Waals surface area contributed by atoms with Crippen molar-refractivity contribution < 1.29 is 9.53 Å². The number of hydrogen-bond donors (Lipinski definition) is 1. The van der Waals surface area contributed by atoms with Crippen LogP contribution in [0, 0.1) is 32.1 Å². The van der Waals surface area contributed by atoms with E-state index in [0.29, 0.717) is 12.3 Å². The fourth-order valence-electron chi connectivity index (χ4n) is 3.71. The van der Waals surface area contributed by atoms with E-state index in [2.05, 4.69) is 37.4 Å². The zero-order chi connectivity index (χ0) is 23.1. The number of hydrogen-bond acceptors (Lipinski definition) is 3. The van der Waals surface area contributed by atoms with Gasteiger partial charge in [-0.1, -0.05) is 59.7 Å². The molecular formula is C28H28N2O2. The SMILES string of the molecule is CCOc1cc(/C=C(\C#N)C(=O)Nc2ccccc2C)ccc1Cc1cc(C)cc(C)c1. The smallest absolute Gasteiger partial charge is 0.266 e. The van der Waals surface area contributed by atoms with E-state index in [9.17, 15) is 10.1 Å². The number of ether oxygens (including phenoxy) is 1. The van der Waals surface area contributed by atoms with Crippen molar-refractivity contribution in [1.29, 1.82) is 5.26 Å². The molecule has 0 spiro atoms. The molecule has 0 atom stereocenters. The molecule has 3 aromatic rings. The second-order valence-electron chi connectivity index (χ2n) is 7.91. The van der Waals surface area contributed by atoms with Crippen molar-refractivity contribution in [3.63, 3.8) is 0 Å². The molecule has 0 saturated carbocycles. The summed E-state index contributed by atoms with van der Waals surface area (Å²) in [6.45, 7) is 8.58. The van der Waals surface area contributed by atoms with Gasteiger partial charge in [-0.25, -0.2) is 0 Å². The maximum Gasteiger partial charge on any atom is 0.266 e. The molecule has 3 aromatic carbocycles. The molecule has 4 nitrogen and oxygen atoms in total. The van der Waals surface area contributed by atoms with E-state index in [1.54, 1.807) is 6.08 Å². The normalized spacial score (nSPS) is 11.0. The van der Waals surface area contributed by atoms with Gasteiger partial charge in [-0.15, -0.1) is 0 Å². The summed E-state index contributed by atoms with van der Waals surface area (Å²) in [5.41, 5.74) is 7.17. The Kier molecular flexibility index (Phi) is 7.46. The fourth-order valence-corrected chi connectivity index (χ4v) is 3.71. The van der Waals surface area contributed by atoms with Crippen molar-refractivity contribution in [2.45, 2.75) is 34.1 Å². The van der Waals surface area contributed by atoms with Crippen LogP contribution in [0.15, 0.2) is 66.2 Å². The Balaban J connectivity index is 1.87. The number of nitrogens with one attached hydrogen (secondary N) is 1. The number of anilines is 1. The Bertz CT molecular complexity index is 1180. The molecule has 0 unspecified atom stereocenters. The second-order valence-corrected chi connectivity index (χ2v) is 7.91. The standard InChI is InChI=1S/C28H28N2O2/c1-5-32-27-17-22(10-11-24(27)16-23-13-19(2)12-20(3)14-23)15-25(18-29)28(31)30-26-9-7-6-8-21(26)4/h6-15,17H,5,16H2,1-4H3,(H,30,31)/b25-15+. The van der Waals surface area contributed by atoms with Crippen molar-refractivity contribution in [2.24, 2.45) is 0 Å². The second kappa shape index (κ2) is 10.5. The third-order valence-electron chi connectivity index (χ3n) is 5.14. The maximum atomic E-state index is 12.6. The van der Waals surface area contributed by atoms with Crippen LogP contribution in [0.2, 0.25) is 0 Å². The summed E-state index contributed by atoms with van der Waals surface area (Å²) >= 11 is 0. The molecule has 0 saturated heterocycles. The van der Waals surface area contributed by atoms with E-state index in [1.807, 2.05) is 62.4 Å². The number of carbonyl (C=O) groups excluding carboxylic acids is 1. The summed E-state index contributed by atoms with van der Waals surface area (Å²) in [5, 5.41) is 12.4. The van der Waals surface area contributed by atoms with E-state index in [0.717, 1.165) is 28.9 Å². The summed E-state index contributed by atoms with van der Waals surface area (Å²) in [7, 11) is 0. The summed E-state index contributed by atoms with van der Waals surface area (Å²) in [6.07, 6.45) is 2.34. The lowest BCUT2D eigenvalue weighted by Crippen LogP contribution is -2.14. The molecule has 0 aromatic heterocycles. The van der Waals surface area contributed by atoms with Crippen molar-refractivity contribution >= 4 is 17.7 Å². The summed E-state index contributed by atoms with van der Waals surface area (Å²) in [5.74, 6) is 0.330. The van der Waals surface area contributed by atoms with Gasteiger partial charge < -0.3 is 10.1 Å². The molecule has 162 valence electrons. The average molecular weight is 425 g/mol. The quantitative estimate of drug-likeness (QED) is 0.366. The molecular weight excluding hydrogens is 396 g/mol. The minimum absolute atomic E-state index is 0.0396. The van der Waals surface area contributed by atoms with Crippen LogP contribution in [-0.4, -0.2) is 12.5 Å². The van der Waals surface area contributed by atoms with Crippen LogP contribution >= 0.6 is 0 Å². The Morgan fingerprint density at radius 1 is 1.03 bits per heavy atom. The van der Waals surface area contributed by atoms with Crippen molar-refractivity contribution in [3.8, 4) is 11.8 Å². The molecule has 0 heterocycles. The lowest BCUT2D eigenvalue weighted by Gasteiger charge is -2.13. The van der Waals surface area contributed by atoms with Gasteiger partial charge in [0.15, 0.2) is 0 Å². The fraction of sp³-hybridized carbons (Fsp3) is 0.214. The van der Waals surface area contributed by atoms with Crippen molar-refractivity contribution in [2.75, 3.05) is 11.9 Å². The predicted octanol–water partition coefficient (Wildman–Crippen LogP) is 6.15. The van der Waals surface area contributed by atoms with Gasteiger partial charge in [0.2, 0.25) is 0 Å². The number of benzene rings is 3. The minimum atomic E-state index is -0.431. The topological polar surface area (TPSA) is 62.1 Å². The highest BCUT2D eigenvalue weighted by atomic mass is 16.5. The first-order chi connectivity index (χ1) is 15.4. The molecule has 4 heteroatoms. The highest BCUT2D eigenvalue weighted by molar-refractivity contribution is 6.10. The number of nitriles is 1. The molecule has 0 aliphatic rings.